The summed E-state index contributed by atoms with van der Waals surface area (Å²) in [5, 5.41) is 13.9. The summed E-state index contributed by atoms with van der Waals surface area (Å²) in [7, 11) is 0. The van der Waals surface area contributed by atoms with Crippen molar-refractivity contribution in [3.8, 4) is 33.5 Å². The zero-order valence-electron chi connectivity index (χ0n) is 26.2. The zero-order valence-corrected chi connectivity index (χ0v) is 26.2. The number of benzene rings is 9. The van der Waals surface area contributed by atoms with E-state index in [2.05, 4.69) is 176 Å². The van der Waals surface area contributed by atoms with Gasteiger partial charge in [0, 0.05) is 16.3 Å². The maximum Gasteiger partial charge on any atom is 0.0794 e. The maximum atomic E-state index is 5.30. The summed E-state index contributed by atoms with van der Waals surface area (Å²) in [6.45, 7) is 0. The van der Waals surface area contributed by atoms with E-state index in [1.54, 1.807) is 0 Å². The molecule has 1 nitrogen and oxygen atoms in total. The Kier molecular flexibility index (Phi) is 5.94. The number of hydrogen-bond donors (Lipinski definition) is 0. The summed E-state index contributed by atoms with van der Waals surface area (Å²) in [5.41, 5.74) is 7.93. The highest BCUT2D eigenvalue weighted by Gasteiger charge is 2.13. The largest absolute Gasteiger partial charge is 0.247 e. The highest BCUT2D eigenvalue weighted by molar-refractivity contribution is 6.26. The van der Waals surface area contributed by atoms with E-state index in [1.165, 1.54) is 81.5 Å². The first-order valence-electron chi connectivity index (χ1n) is 16.5. The van der Waals surface area contributed by atoms with Gasteiger partial charge in [-0.2, -0.15) is 0 Å². The van der Waals surface area contributed by atoms with Crippen LogP contribution in [0.5, 0.6) is 0 Å². The van der Waals surface area contributed by atoms with Crippen molar-refractivity contribution in [1.29, 1.82) is 0 Å². The van der Waals surface area contributed by atoms with Crippen LogP contribution in [0.25, 0.3) is 98.3 Å². The smallest absolute Gasteiger partial charge is 0.0794 e. The molecule has 0 amide bonds. The number of hydrogen-bond acceptors (Lipinski definition) is 1. The second-order valence-electron chi connectivity index (χ2n) is 12.7. The third-order valence-electron chi connectivity index (χ3n) is 10.0. The molecule has 0 aliphatic heterocycles. The first-order chi connectivity index (χ1) is 23.8. The fourth-order valence-corrected chi connectivity index (χ4v) is 7.74. The monoisotopic (exact) mass is 607 g/mol. The minimum absolute atomic E-state index is 0.981. The van der Waals surface area contributed by atoms with E-state index < -0.39 is 0 Å². The number of nitrogens with zero attached hydrogens (tertiary/aromatic N) is 1. The van der Waals surface area contributed by atoms with Crippen molar-refractivity contribution in [3.63, 3.8) is 0 Å². The van der Waals surface area contributed by atoms with Gasteiger partial charge in [0.25, 0.3) is 0 Å². The van der Waals surface area contributed by atoms with Crippen molar-refractivity contribution < 1.29 is 0 Å². The summed E-state index contributed by atoms with van der Waals surface area (Å²) in [6, 6.07) is 63.9. The van der Waals surface area contributed by atoms with E-state index in [4.69, 9.17) is 4.98 Å². The average molecular weight is 608 g/mol. The Morgan fingerprint density at radius 2 is 0.583 bits per heavy atom. The SMILES string of the molecule is c1cc(-c2cccc(-c3ccc4c5ccccc5c5ccccc5c4n3)c2)cc(-c2ccc3c4ccccc4c4ccccc4c3c2)c1. The van der Waals surface area contributed by atoms with E-state index in [0.717, 1.165) is 16.8 Å². The Morgan fingerprint density at radius 3 is 1.12 bits per heavy atom. The molecular weight excluding hydrogens is 579 g/mol. The highest BCUT2D eigenvalue weighted by atomic mass is 14.7. The summed E-state index contributed by atoms with van der Waals surface area (Å²) in [5.74, 6) is 0. The standard InChI is InChI=1S/C47H29N/c1-2-17-37-35(15-1)36-16-4-6-21-41(36)45-29-33(23-24-42(37)45)31-12-9-11-30(27-31)32-13-10-14-34(28-32)46-26-25-44-40-20-5-3-18-38(40)39-19-7-8-22-43(39)47(44)48-46/h1-29H. The van der Waals surface area contributed by atoms with Gasteiger partial charge in [-0.05, 0) is 101 Å². The molecule has 0 spiro atoms. The second-order valence-corrected chi connectivity index (χ2v) is 12.7. The minimum Gasteiger partial charge on any atom is -0.247 e. The third-order valence-corrected chi connectivity index (χ3v) is 10.0. The van der Waals surface area contributed by atoms with Crippen LogP contribution in [0.4, 0.5) is 0 Å². The third kappa shape index (κ3) is 4.15. The van der Waals surface area contributed by atoms with Gasteiger partial charge in [0.05, 0.1) is 11.2 Å². The van der Waals surface area contributed by atoms with Crippen LogP contribution in [0.1, 0.15) is 0 Å². The molecule has 0 N–H and O–H groups in total. The molecule has 0 fully saturated rings. The van der Waals surface area contributed by atoms with Crippen molar-refractivity contribution in [2.45, 2.75) is 0 Å². The first-order valence-corrected chi connectivity index (χ1v) is 16.5. The molecule has 0 aliphatic carbocycles. The van der Waals surface area contributed by atoms with Crippen molar-refractivity contribution >= 4 is 64.8 Å². The predicted molar refractivity (Wildman–Crippen MR) is 206 cm³/mol. The molecule has 10 aromatic rings. The van der Waals surface area contributed by atoms with Gasteiger partial charge in [-0.15, -0.1) is 0 Å². The molecule has 48 heavy (non-hydrogen) atoms. The van der Waals surface area contributed by atoms with Crippen molar-refractivity contribution in [2.24, 2.45) is 0 Å². The van der Waals surface area contributed by atoms with Crippen molar-refractivity contribution in [3.05, 3.63) is 176 Å². The van der Waals surface area contributed by atoms with Gasteiger partial charge in [0.2, 0.25) is 0 Å². The van der Waals surface area contributed by atoms with Gasteiger partial charge < -0.3 is 0 Å². The number of aromatic nitrogens is 1. The van der Waals surface area contributed by atoms with E-state index in [-0.39, 0.29) is 0 Å². The minimum atomic E-state index is 0.981. The average Bonchev–Trinajstić information content (AvgIpc) is 3.18. The first kappa shape index (κ1) is 26.9. The lowest BCUT2D eigenvalue weighted by atomic mass is 9.91. The number of rotatable bonds is 3. The van der Waals surface area contributed by atoms with Gasteiger partial charge in [-0.25, -0.2) is 4.98 Å². The summed E-state index contributed by atoms with van der Waals surface area (Å²) < 4.78 is 0. The van der Waals surface area contributed by atoms with E-state index >= 15 is 0 Å². The van der Waals surface area contributed by atoms with E-state index in [1.807, 2.05) is 0 Å². The predicted octanol–water partition coefficient (Wildman–Crippen LogP) is 13.0. The van der Waals surface area contributed by atoms with Gasteiger partial charge in [-0.3, -0.25) is 0 Å². The Morgan fingerprint density at radius 1 is 0.229 bits per heavy atom. The van der Waals surface area contributed by atoms with Gasteiger partial charge in [0.15, 0.2) is 0 Å². The zero-order chi connectivity index (χ0) is 31.6. The Hall–Kier alpha value is -6.31. The molecule has 1 heteroatoms. The molecule has 9 aromatic carbocycles. The lowest BCUT2D eigenvalue weighted by molar-refractivity contribution is 1.41. The molecule has 0 bridgehead atoms. The van der Waals surface area contributed by atoms with Crippen LogP contribution in [0.15, 0.2) is 176 Å². The Labute approximate surface area is 278 Å². The molecule has 0 radical (unpaired) electrons. The number of pyridine rings is 1. The summed E-state index contributed by atoms with van der Waals surface area (Å²) in [4.78, 5) is 5.30. The van der Waals surface area contributed by atoms with Gasteiger partial charge in [-0.1, -0.05) is 146 Å². The molecule has 222 valence electrons. The lowest BCUT2D eigenvalue weighted by Crippen LogP contribution is -1.90. The second kappa shape index (κ2) is 10.6. The van der Waals surface area contributed by atoms with Crippen LogP contribution in [-0.4, -0.2) is 4.98 Å². The summed E-state index contributed by atoms with van der Waals surface area (Å²) >= 11 is 0. The normalized spacial score (nSPS) is 11.8. The quantitative estimate of drug-likeness (QED) is 0.182. The fourth-order valence-electron chi connectivity index (χ4n) is 7.74. The van der Waals surface area contributed by atoms with Crippen LogP contribution in [0.2, 0.25) is 0 Å². The van der Waals surface area contributed by atoms with Gasteiger partial charge in [0.1, 0.15) is 0 Å². The number of fused-ring (bicyclic) bond motifs is 12. The van der Waals surface area contributed by atoms with Crippen LogP contribution in [0, 0.1) is 0 Å². The molecule has 0 aliphatic rings. The van der Waals surface area contributed by atoms with Gasteiger partial charge >= 0.3 is 0 Å². The fraction of sp³-hybridized carbons (Fsp3) is 0. The summed E-state index contributed by atoms with van der Waals surface area (Å²) in [6.07, 6.45) is 0. The van der Waals surface area contributed by atoms with Crippen LogP contribution in [0.3, 0.4) is 0 Å². The van der Waals surface area contributed by atoms with Crippen molar-refractivity contribution in [1.82, 2.24) is 4.98 Å². The molecule has 1 aromatic heterocycles. The molecule has 10 rings (SSSR count). The highest BCUT2D eigenvalue weighted by Crippen LogP contribution is 2.39. The van der Waals surface area contributed by atoms with Crippen molar-refractivity contribution in [2.75, 3.05) is 0 Å². The molecule has 0 saturated carbocycles. The molecule has 0 unspecified atom stereocenters. The molecule has 0 saturated heterocycles. The Balaban J connectivity index is 1.08. The molecule has 0 atom stereocenters. The molecule has 1 heterocycles. The van der Waals surface area contributed by atoms with Crippen LogP contribution < -0.4 is 0 Å². The van der Waals surface area contributed by atoms with E-state index in [0.29, 0.717) is 0 Å². The van der Waals surface area contributed by atoms with Crippen LogP contribution >= 0.6 is 0 Å². The van der Waals surface area contributed by atoms with Crippen LogP contribution in [-0.2, 0) is 0 Å². The Bertz CT molecular complexity index is 2630. The maximum absolute atomic E-state index is 5.30. The van der Waals surface area contributed by atoms with E-state index in [9.17, 15) is 0 Å². The topological polar surface area (TPSA) is 12.9 Å². The lowest BCUT2D eigenvalue weighted by Gasteiger charge is -2.13. The molecular formula is C47H29N.